The molecule has 0 unspecified atom stereocenters. The van der Waals surface area contributed by atoms with Crippen LogP contribution >= 0.6 is 11.6 Å². The van der Waals surface area contributed by atoms with Crippen molar-refractivity contribution in [2.45, 2.75) is 20.8 Å². The summed E-state index contributed by atoms with van der Waals surface area (Å²) in [7, 11) is 0. The molecule has 0 spiro atoms. The summed E-state index contributed by atoms with van der Waals surface area (Å²) in [6.45, 7) is 4.95. The molecule has 5 nitrogen and oxygen atoms in total. The quantitative estimate of drug-likeness (QED) is 0.658. The maximum Gasteiger partial charge on any atom is 0.349 e. The summed E-state index contributed by atoms with van der Waals surface area (Å²) in [5.41, 5.74) is 2.40. The number of hydrogen-bond donors (Lipinski definition) is 1. The number of amides is 1. The van der Waals surface area contributed by atoms with Crippen LogP contribution in [0.5, 0.6) is 11.5 Å². The fourth-order valence-electron chi connectivity index (χ4n) is 2.10. The number of carbonyl (C=O) groups excluding carboxylic acids is 2. The van der Waals surface area contributed by atoms with Gasteiger partial charge in [0.15, 0.2) is 6.61 Å². The predicted octanol–water partition coefficient (Wildman–Crippen LogP) is 3.90. The Morgan fingerprint density at radius 1 is 1.04 bits per heavy atom. The molecule has 0 saturated carbocycles. The number of rotatable bonds is 5. The maximum atomic E-state index is 11.8. The topological polar surface area (TPSA) is 64.6 Å². The highest BCUT2D eigenvalue weighted by Gasteiger charge is 2.09. The van der Waals surface area contributed by atoms with Crippen LogP contribution in [0.25, 0.3) is 0 Å². The molecule has 1 amide bonds. The summed E-state index contributed by atoms with van der Waals surface area (Å²) in [6.07, 6.45) is 0. The summed E-state index contributed by atoms with van der Waals surface area (Å²) < 4.78 is 10.6. The molecular formula is C18H18ClNO4. The molecule has 0 aliphatic carbocycles. The minimum atomic E-state index is -0.521. The molecule has 0 saturated heterocycles. The number of hydrogen-bond acceptors (Lipinski definition) is 4. The predicted molar refractivity (Wildman–Crippen MR) is 92.8 cm³/mol. The zero-order chi connectivity index (χ0) is 17.7. The molecule has 0 bridgehead atoms. The fraction of sp³-hybridized carbons (Fsp3) is 0.222. The molecule has 0 heterocycles. The SMILES string of the molecule is CC(=O)Nc1ccc(OC(=O)COc2cc(C)c(Cl)c(C)c2)cc1. The third-order valence-corrected chi connectivity index (χ3v) is 3.77. The van der Waals surface area contributed by atoms with Crippen LogP contribution in [-0.2, 0) is 9.59 Å². The molecule has 0 atom stereocenters. The van der Waals surface area contributed by atoms with E-state index in [0.717, 1.165) is 11.1 Å². The van der Waals surface area contributed by atoms with Crippen molar-refractivity contribution < 1.29 is 19.1 Å². The van der Waals surface area contributed by atoms with Gasteiger partial charge in [0.1, 0.15) is 11.5 Å². The Kier molecular flexibility index (Phi) is 5.82. The van der Waals surface area contributed by atoms with Crippen molar-refractivity contribution in [3.05, 3.63) is 52.5 Å². The Hall–Kier alpha value is -2.53. The van der Waals surface area contributed by atoms with Crippen LogP contribution in [-0.4, -0.2) is 18.5 Å². The number of ether oxygens (including phenoxy) is 2. The molecule has 6 heteroatoms. The van der Waals surface area contributed by atoms with E-state index in [1.807, 2.05) is 13.8 Å². The molecular weight excluding hydrogens is 330 g/mol. The number of aryl methyl sites for hydroxylation is 2. The fourth-order valence-corrected chi connectivity index (χ4v) is 2.21. The van der Waals surface area contributed by atoms with Gasteiger partial charge in [-0.25, -0.2) is 4.79 Å². The molecule has 1 N–H and O–H groups in total. The maximum absolute atomic E-state index is 11.8. The average Bonchev–Trinajstić information content (AvgIpc) is 2.52. The number of nitrogens with one attached hydrogen (secondary N) is 1. The third-order valence-electron chi connectivity index (χ3n) is 3.17. The summed E-state index contributed by atoms with van der Waals surface area (Å²) in [5, 5.41) is 3.32. The van der Waals surface area contributed by atoms with Crippen LogP contribution in [0.3, 0.4) is 0 Å². The zero-order valence-electron chi connectivity index (χ0n) is 13.7. The van der Waals surface area contributed by atoms with Gasteiger partial charge < -0.3 is 14.8 Å². The van der Waals surface area contributed by atoms with Gasteiger partial charge in [-0.15, -0.1) is 0 Å². The van der Waals surface area contributed by atoms with Crippen LogP contribution in [0, 0.1) is 13.8 Å². The largest absolute Gasteiger partial charge is 0.482 e. The first kappa shape index (κ1) is 17.8. The van der Waals surface area contributed by atoms with E-state index < -0.39 is 5.97 Å². The second kappa shape index (κ2) is 7.84. The van der Waals surface area contributed by atoms with Crippen molar-refractivity contribution in [1.29, 1.82) is 0 Å². The van der Waals surface area contributed by atoms with E-state index in [-0.39, 0.29) is 12.5 Å². The van der Waals surface area contributed by atoms with Gasteiger partial charge in [-0.1, -0.05) is 11.6 Å². The highest BCUT2D eigenvalue weighted by atomic mass is 35.5. The number of anilines is 1. The monoisotopic (exact) mass is 347 g/mol. The van der Waals surface area contributed by atoms with Crippen LogP contribution < -0.4 is 14.8 Å². The molecule has 126 valence electrons. The highest BCUT2D eigenvalue weighted by molar-refractivity contribution is 6.32. The smallest absolute Gasteiger partial charge is 0.349 e. The Balaban J connectivity index is 1.90. The van der Waals surface area contributed by atoms with Gasteiger partial charge in [0, 0.05) is 17.6 Å². The van der Waals surface area contributed by atoms with Crippen molar-refractivity contribution in [2.24, 2.45) is 0 Å². The molecule has 2 rings (SSSR count). The first-order valence-corrected chi connectivity index (χ1v) is 7.71. The molecule has 0 fully saturated rings. The molecule has 2 aromatic rings. The van der Waals surface area contributed by atoms with E-state index in [4.69, 9.17) is 21.1 Å². The van der Waals surface area contributed by atoms with E-state index in [2.05, 4.69) is 5.32 Å². The average molecular weight is 348 g/mol. The first-order valence-electron chi connectivity index (χ1n) is 7.33. The standard InChI is InChI=1S/C18H18ClNO4/c1-11-8-16(9-12(2)18(11)19)23-10-17(22)24-15-6-4-14(5-7-15)20-13(3)21/h4-9H,10H2,1-3H3,(H,20,21). The number of esters is 1. The molecule has 2 aromatic carbocycles. The number of halogens is 1. The van der Waals surface area contributed by atoms with Gasteiger partial charge in [0.25, 0.3) is 0 Å². The van der Waals surface area contributed by atoms with Crippen molar-refractivity contribution >= 4 is 29.2 Å². The lowest BCUT2D eigenvalue weighted by Gasteiger charge is -2.10. The minimum absolute atomic E-state index is 0.165. The third kappa shape index (κ3) is 4.99. The Labute approximate surface area is 145 Å². The lowest BCUT2D eigenvalue weighted by atomic mass is 10.1. The van der Waals surface area contributed by atoms with Crippen molar-refractivity contribution in [2.75, 3.05) is 11.9 Å². The van der Waals surface area contributed by atoms with Crippen molar-refractivity contribution in [1.82, 2.24) is 0 Å². The van der Waals surface area contributed by atoms with E-state index >= 15 is 0 Å². The summed E-state index contributed by atoms with van der Waals surface area (Å²) in [6, 6.07) is 10.0. The van der Waals surface area contributed by atoms with Gasteiger partial charge in [-0.05, 0) is 61.4 Å². The van der Waals surface area contributed by atoms with Crippen LogP contribution in [0.1, 0.15) is 18.1 Å². The van der Waals surface area contributed by atoms with Gasteiger partial charge in [0.2, 0.25) is 5.91 Å². The molecule has 24 heavy (non-hydrogen) atoms. The Morgan fingerprint density at radius 2 is 1.62 bits per heavy atom. The van der Waals surface area contributed by atoms with E-state index in [9.17, 15) is 9.59 Å². The Morgan fingerprint density at radius 3 is 2.17 bits per heavy atom. The van der Waals surface area contributed by atoms with Gasteiger partial charge in [0.05, 0.1) is 0 Å². The summed E-state index contributed by atoms with van der Waals surface area (Å²) in [4.78, 5) is 22.8. The second-order valence-corrected chi connectivity index (χ2v) is 5.72. The van der Waals surface area contributed by atoms with Gasteiger partial charge in [-0.2, -0.15) is 0 Å². The highest BCUT2D eigenvalue weighted by Crippen LogP contribution is 2.25. The van der Waals surface area contributed by atoms with E-state index in [0.29, 0.717) is 22.2 Å². The molecule has 0 aromatic heterocycles. The van der Waals surface area contributed by atoms with Crippen LogP contribution in [0.4, 0.5) is 5.69 Å². The lowest BCUT2D eigenvalue weighted by Crippen LogP contribution is -2.17. The zero-order valence-corrected chi connectivity index (χ0v) is 14.4. The van der Waals surface area contributed by atoms with Crippen molar-refractivity contribution in [3.63, 3.8) is 0 Å². The van der Waals surface area contributed by atoms with E-state index in [1.165, 1.54) is 6.92 Å². The van der Waals surface area contributed by atoms with Gasteiger partial charge in [-0.3, -0.25) is 4.79 Å². The normalized spacial score (nSPS) is 10.2. The Bertz CT molecular complexity index is 733. The summed E-state index contributed by atoms with van der Waals surface area (Å²) in [5.74, 6) is 0.253. The minimum Gasteiger partial charge on any atom is -0.482 e. The summed E-state index contributed by atoms with van der Waals surface area (Å²) >= 11 is 6.09. The van der Waals surface area contributed by atoms with Crippen molar-refractivity contribution in [3.8, 4) is 11.5 Å². The van der Waals surface area contributed by atoms with Gasteiger partial charge >= 0.3 is 5.97 Å². The second-order valence-electron chi connectivity index (χ2n) is 5.34. The molecule has 0 aliphatic heterocycles. The molecule has 0 radical (unpaired) electrons. The van der Waals surface area contributed by atoms with E-state index in [1.54, 1.807) is 36.4 Å². The first-order chi connectivity index (χ1) is 11.3. The lowest BCUT2D eigenvalue weighted by molar-refractivity contribution is -0.136. The molecule has 0 aliphatic rings. The number of benzene rings is 2. The number of carbonyl (C=O) groups is 2. The van der Waals surface area contributed by atoms with Crippen LogP contribution in [0.15, 0.2) is 36.4 Å². The van der Waals surface area contributed by atoms with Crippen LogP contribution in [0.2, 0.25) is 5.02 Å².